The molecule has 1 unspecified atom stereocenters. The Morgan fingerprint density at radius 3 is 2.72 bits per heavy atom. The number of nitrogens with zero attached hydrogens (tertiary/aromatic N) is 1. The Hall–Kier alpha value is -0.270. The first-order valence-corrected chi connectivity index (χ1v) is 9.15. The van der Waals surface area contributed by atoms with Crippen LogP contribution in [0, 0.1) is 5.92 Å². The van der Waals surface area contributed by atoms with Crippen LogP contribution in [0.15, 0.2) is 0 Å². The van der Waals surface area contributed by atoms with E-state index in [0.29, 0.717) is 19.1 Å². The molecule has 0 saturated carbocycles. The number of thioether (sulfide) groups is 1. The van der Waals surface area contributed by atoms with Crippen LogP contribution >= 0.6 is 11.8 Å². The van der Waals surface area contributed by atoms with E-state index in [0.717, 1.165) is 24.3 Å². The fourth-order valence-electron chi connectivity index (χ4n) is 2.23. The average Bonchev–Trinajstić information content (AvgIpc) is 2.33. The first-order chi connectivity index (χ1) is 8.53. The Morgan fingerprint density at radius 1 is 1.44 bits per heavy atom. The van der Waals surface area contributed by atoms with Crippen LogP contribution in [0.5, 0.6) is 0 Å². The fraction of sp³-hybridized carbons (Fsp3) is 0.909. The second-order valence-corrected chi connectivity index (χ2v) is 8.17. The minimum atomic E-state index is -3.16. The lowest BCUT2D eigenvalue weighted by molar-refractivity contribution is -0.126. The highest BCUT2D eigenvalue weighted by atomic mass is 32.2. The van der Waals surface area contributed by atoms with E-state index in [-0.39, 0.29) is 17.6 Å². The van der Waals surface area contributed by atoms with Crippen molar-refractivity contribution in [2.45, 2.75) is 25.8 Å². The number of nitrogens with one attached hydrogen (secondary N) is 1. The number of sulfonamides is 1. The van der Waals surface area contributed by atoms with Crippen molar-refractivity contribution < 1.29 is 13.2 Å². The van der Waals surface area contributed by atoms with E-state index < -0.39 is 10.0 Å². The minimum absolute atomic E-state index is 0.0244. The normalized spacial score (nSPS) is 26.6. The molecule has 1 atom stereocenters. The first-order valence-electron chi connectivity index (χ1n) is 6.39. The molecular weight excluding hydrogens is 272 g/mol. The number of amides is 1. The van der Waals surface area contributed by atoms with Crippen molar-refractivity contribution >= 4 is 27.7 Å². The van der Waals surface area contributed by atoms with Gasteiger partial charge < -0.3 is 5.32 Å². The Kier molecular flexibility index (Phi) is 4.55. The lowest BCUT2D eigenvalue weighted by atomic mass is 9.98. The van der Waals surface area contributed by atoms with Gasteiger partial charge in [-0.1, -0.05) is 0 Å². The number of hydrogen-bond donors (Lipinski definition) is 1. The van der Waals surface area contributed by atoms with E-state index in [1.54, 1.807) is 6.92 Å². The Bertz CT molecular complexity index is 407. The van der Waals surface area contributed by atoms with Gasteiger partial charge in [-0.2, -0.15) is 11.8 Å². The van der Waals surface area contributed by atoms with Crippen LogP contribution in [0.25, 0.3) is 0 Å². The summed E-state index contributed by atoms with van der Waals surface area (Å²) in [5.74, 6) is 1.92. The van der Waals surface area contributed by atoms with Gasteiger partial charge in [0.1, 0.15) is 0 Å². The van der Waals surface area contributed by atoms with Gasteiger partial charge in [0.2, 0.25) is 15.9 Å². The third-order valence-electron chi connectivity index (χ3n) is 3.50. The van der Waals surface area contributed by atoms with Crippen LogP contribution < -0.4 is 5.32 Å². The molecule has 1 N–H and O–H groups in total. The van der Waals surface area contributed by atoms with Crippen LogP contribution in [0.2, 0.25) is 0 Å². The zero-order valence-electron chi connectivity index (χ0n) is 10.6. The monoisotopic (exact) mass is 292 g/mol. The molecule has 1 amide bonds. The highest BCUT2D eigenvalue weighted by molar-refractivity contribution is 8.00. The van der Waals surface area contributed by atoms with E-state index >= 15 is 0 Å². The quantitative estimate of drug-likeness (QED) is 0.808. The second-order valence-electron chi connectivity index (χ2n) is 4.84. The van der Waals surface area contributed by atoms with Crippen LogP contribution in [-0.4, -0.2) is 55.0 Å². The average molecular weight is 292 g/mol. The summed E-state index contributed by atoms with van der Waals surface area (Å²) in [6.07, 6.45) is 1.57. The molecule has 0 aromatic rings. The topological polar surface area (TPSA) is 66.5 Å². The first kappa shape index (κ1) is 14.1. The zero-order valence-corrected chi connectivity index (χ0v) is 12.2. The predicted molar refractivity (Wildman–Crippen MR) is 73.0 cm³/mol. The van der Waals surface area contributed by atoms with Gasteiger partial charge in [-0.3, -0.25) is 4.79 Å². The van der Waals surface area contributed by atoms with Gasteiger partial charge in [0.15, 0.2) is 0 Å². The molecule has 2 aliphatic rings. The molecule has 104 valence electrons. The molecule has 0 spiro atoms. The molecule has 2 rings (SSSR count). The van der Waals surface area contributed by atoms with Crippen molar-refractivity contribution in [1.29, 1.82) is 0 Å². The molecule has 7 heteroatoms. The van der Waals surface area contributed by atoms with Gasteiger partial charge in [0.25, 0.3) is 0 Å². The van der Waals surface area contributed by atoms with E-state index in [2.05, 4.69) is 5.32 Å². The van der Waals surface area contributed by atoms with Crippen LogP contribution in [-0.2, 0) is 14.8 Å². The molecule has 2 aliphatic heterocycles. The fourth-order valence-corrected chi connectivity index (χ4v) is 4.05. The van der Waals surface area contributed by atoms with Gasteiger partial charge >= 0.3 is 0 Å². The minimum Gasteiger partial charge on any atom is -0.351 e. The summed E-state index contributed by atoms with van der Waals surface area (Å²) < 4.78 is 25.1. The van der Waals surface area contributed by atoms with Crippen molar-refractivity contribution in [2.75, 3.05) is 30.3 Å². The molecule has 0 aromatic heterocycles. The van der Waals surface area contributed by atoms with E-state index in [1.807, 2.05) is 11.8 Å². The van der Waals surface area contributed by atoms with Gasteiger partial charge in [0.05, 0.1) is 11.7 Å². The maximum Gasteiger partial charge on any atom is 0.224 e. The van der Waals surface area contributed by atoms with Crippen LogP contribution in [0.1, 0.15) is 19.8 Å². The molecule has 2 heterocycles. The maximum atomic E-state index is 12.0. The molecule has 2 fully saturated rings. The van der Waals surface area contributed by atoms with Gasteiger partial charge in [0, 0.05) is 30.6 Å². The lowest BCUT2D eigenvalue weighted by Crippen LogP contribution is -2.50. The van der Waals surface area contributed by atoms with Gasteiger partial charge in [-0.25, -0.2) is 12.7 Å². The van der Waals surface area contributed by atoms with Crippen molar-refractivity contribution in [1.82, 2.24) is 9.62 Å². The standard InChI is InChI=1S/C11H20N2O3S2/c1-2-18(15,16)13-5-3-4-9(6-13)11(14)12-10-7-17-8-10/h9-10H,2-8H2,1H3,(H,12,14). The van der Waals surface area contributed by atoms with E-state index in [9.17, 15) is 13.2 Å². The van der Waals surface area contributed by atoms with Crippen LogP contribution in [0.3, 0.4) is 0 Å². The Morgan fingerprint density at radius 2 is 2.17 bits per heavy atom. The number of hydrogen-bond acceptors (Lipinski definition) is 4. The van der Waals surface area contributed by atoms with E-state index in [4.69, 9.17) is 0 Å². The molecule has 0 radical (unpaired) electrons. The third-order valence-corrected chi connectivity index (χ3v) is 6.62. The number of carbonyl (C=O) groups excluding carboxylic acids is 1. The molecule has 0 aliphatic carbocycles. The number of carbonyl (C=O) groups is 1. The Labute approximate surface area is 113 Å². The highest BCUT2D eigenvalue weighted by Gasteiger charge is 2.32. The van der Waals surface area contributed by atoms with Crippen molar-refractivity contribution in [3.8, 4) is 0 Å². The maximum absolute atomic E-state index is 12.0. The summed E-state index contributed by atoms with van der Waals surface area (Å²) in [4.78, 5) is 12.0. The largest absolute Gasteiger partial charge is 0.351 e. The summed E-state index contributed by atoms with van der Waals surface area (Å²) in [6.45, 7) is 2.55. The predicted octanol–water partition coefficient (Wildman–Crippen LogP) is 0.280. The summed E-state index contributed by atoms with van der Waals surface area (Å²) in [7, 11) is -3.16. The molecule has 2 saturated heterocycles. The Balaban J connectivity index is 1.91. The summed E-state index contributed by atoms with van der Waals surface area (Å²) >= 11 is 1.82. The molecular formula is C11H20N2O3S2. The van der Waals surface area contributed by atoms with Crippen molar-refractivity contribution in [2.24, 2.45) is 5.92 Å². The number of piperidine rings is 1. The summed E-state index contributed by atoms with van der Waals surface area (Å²) in [6, 6.07) is 0.292. The summed E-state index contributed by atoms with van der Waals surface area (Å²) in [5, 5.41) is 2.99. The van der Waals surface area contributed by atoms with Crippen molar-refractivity contribution in [3.63, 3.8) is 0 Å². The zero-order chi connectivity index (χ0) is 13.2. The van der Waals surface area contributed by atoms with Crippen LogP contribution in [0.4, 0.5) is 0 Å². The van der Waals surface area contributed by atoms with E-state index in [1.165, 1.54) is 4.31 Å². The van der Waals surface area contributed by atoms with Crippen molar-refractivity contribution in [3.05, 3.63) is 0 Å². The number of rotatable bonds is 4. The molecule has 0 aromatic carbocycles. The highest BCUT2D eigenvalue weighted by Crippen LogP contribution is 2.22. The molecule has 5 nitrogen and oxygen atoms in total. The SMILES string of the molecule is CCS(=O)(=O)N1CCCC(C(=O)NC2CSC2)C1. The third kappa shape index (κ3) is 3.19. The van der Waals surface area contributed by atoms with Gasteiger partial charge in [-0.15, -0.1) is 0 Å². The summed E-state index contributed by atoms with van der Waals surface area (Å²) in [5.41, 5.74) is 0. The lowest BCUT2D eigenvalue weighted by Gasteiger charge is -2.33. The second kappa shape index (κ2) is 5.79. The molecule has 18 heavy (non-hydrogen) atoms. The smallest absolute Gasteiger partial charge is 0.224 e. The molecule has 0 bridgehead atoms. The van der Waals surface area contributed by atoms with Gasteiger partial charge in [-0.05, 0) is 19.8 Å².